The number of benzene rings is 2. The summed E-state index contributed by atoms with van der Waals surface area (Å²) in [7, 11) is 0. The van der Waals surface area contributed by atoms with Crippen molar-refractivity contribution in [3.8, 4) is 5.69 Å². The van der Waals surface area contributed by atoms with Crippen molar-refractivity contribution in [3.63, 3.8) is 0 Å². The van der Waals surface area contributed by atoms with Gasteiger partial charge in [0.2, 0.25) is 5.91 Å². The van der Waals surface area contributed by atoms with E-state index >= 15 is 0 Å². The summed E-state index contributed by atoms with van der Waals surface area (Å²) in [6, 6.07) is 18.3. The standard InChI is InChI=1S/C23H25N5OS3/c1-15(2)16(3)24-21(29)14-30-22-27-26-20(28(22)17-9-5-4-6-10-17)13-31-23-25-18-11-7-8-12-19(18)32-23/h4-12,15-16H,13-14H2,1-3H3,(H,24,29). The second kappa shape index (κ2) is 10.5. The van der Waals surface area contributed by atoms with E-state index in [-0.39, 0.29) is 11.9 Å². The molecule has 166 valence electrons. The predicted molar refractivity (Wildman–Crippen MR) is 134 cm³/mol. The van der Waals surface area contributed by atoms with E-state index in [1.165, 1.54) is 16.5 Å². The molecule has 0 aliphatic rings. The molecule has 4 aromatic rings. The molecule has 32 heavy (non-hydrogen) atoms. The Morgan fingerprint density at radius 2 is 1.78 bits per heavy atom. The molecule has 2 heterocycles. The fraction of sp³-hybridized carbons (Fsp3) is 0.304. The van der Waals surface area contributed by atoms with Gasteiger partial charge in [0.25, 0.3) is 0 Å². The molecular weight excluding hydrogens is 458 g/mol. The van der Waals surface area contributed by atoms with Crippen LogP contribution in [0.1, 0.15) is 26.6 Å². The van der Waals surface area contributed by atoms with E-state index < -0.39 is 0 Å². The molecule has 0 aliphatic carbocycles. The van der Waals surface area contributed by atoms with E-state index in [4.69, 9.17) is 4.98 Å². The molecule has 4 rings (SSSR count). The van der Waals surface area contributed by atoms with Gasteiger partial charge in [-0.1, -0.05) is 67.7 Å². The SMILES string of the molecule is CC(C)C(C)NC(=O)CSc1nnc(CSc2nc3ccccc3s2)n1-c1ccccc1. The first-order valence-electron chi connectivity index (χ1n) is 10.4. The molecule has 0 bridgehead atoms. The summed E-state index contributed by atoms with van der Waals surface area (Å²) in [6.45, 7) is 6.22. The number of carbonyl (C=O) groups excluding carboxylic acids is 1. The van der Waals surface area contributed by atoms with E-state index in [1.54, 1.807) is 23.1 Å². The number of rotatable bonds is 9. The van der Waals surface area contributed by atoms with Crippen molar-refractivity contribution in [1.82, 2.24) is 25.1 Å². The average Bonchev–Trinajstić information content (AvgIpc) is 3.40. The van der Waals surface area contributed by atoms with Gasteiger partial charge in [-0.25, -0.2) is 4.98 Å². The molecule has 0 aliphatic heterocycles. The molecule has 0 saturated carbocycles. The summed E-state index contributed by atoms with van der Waals surface area (Å²) in [5.74, 6) is 2.16. The van der Waals surface area contributed by atoms with Crippen molar-refractivity contribution in [2.24, 2.45) is 5.92 Å². The monoisotopic (exact) mass is 483 g/mol. The summed E-state index contributed by atoms with van der Waals surface area (Å²) in [5.41, 5.74) is 2.00. The Morgan fingerprint density at radius 1 is 1.03 bits per heavy atom. The molecule has 0 fully saturated rings. The maximum atomic E-state index is 12.4. The quantitative estimate of drug-likeness (QED) is 0.320. The Bertz CT molecular complexity index is 1160. The third-order valence-corrected chi connectivity index (χ3v) is 8.14. The molecule has 2 aromatic carbocycles. The third kappa shape index (κ3) is 5.51. The number of carbonyl (C=O) groups is 1. The first kappa shape index (κ1) is 22.8. The zero-order chi connectivity index (χ0) is 22.5. The predicted octanol–water partition coefficient (Wildman–Crippen LogP) is 5.42. The fourth-order valence-corrected chi connectivity index (χ4v) is 5.72. The lowest BCUT2D eigenvalue weighted by Crippen LogP contribution is -2.37. The van der Waals surface area contributed by atoms with Crippen molar-refractivity contribution in [1.29, 1.82) is 0 Å². The number of thioether (sulfide) groups is 2. The number of fused-ring (bicyclic) bond motifs is 1. The summed E-state index contributed by atoms with van der Waals surface area (Å²) in [4.78, 5) is 17.1. The number of hydrogen-bond donors (Lipinski definition) is 1. The van der Waals surface area contributed by atoms with Gasteiger partial charge < -0.3 is 5.32 Å². The van der Waals surface area contributed by atoms with Gasteiger partial charge in [0.1, 0.15) is 5.82 Å². The van der Waals surface area contributed by atoms with E-state index in [9.17, 15) is 4.79 Å². The number of nitrogens with zero attached hydrogens (tertiary/aromatic N) is 4. The number of thiazole rings is 1. The normalized spacial score (nSPS) is 12.4. The summed E-state index contributed by atoms with van der Waals surface area (Å²) in [6.07, 6.45) is 0. The number of amides is 1. The van der Waals surface area contributed by atoms with Crippen LogP contribution in [0.15, 0.2) is 64.1 Å². The number of aromatic nitrogens is 4. The van der Waals surface area contributed by atoms with Gasteiger partial charge in [-0.15, -0.1) is 21.5 Å². The van der Waals surface area contributed by atoms with Crippen LogP contribution in [0.2, 0.25) is 0 Å². The van der Waals surface area contributed by atoms with Gasteiger partial charge in [-0.3, -0.25) is 9.36 Å². The molecule has 0 radical (unpaired) electrons. The van der Waals surface area contributed by atoms with Crippen LogP contribution < -0.4 is 5.32 Å². The molecule has 9 heteroatoms. The van der Waals surface area contributed by atoms with E-state index in [2.05, 4.69) is 35.4 Å². The Kier molecular flexibility index (Phi) is 7.49. The van der Waals surface area contributed by atoms with Crippen LogP contribution in [0.4, 0.5) is 0 Å². The van der Waals surface area contributed by atoms with Gasteiger partial charge in [-0.05, 0) is 37.1 Å². The lowest BCUT2D eigenvalue weighted by atomic mass is 10.1. The van der Waals surface area contributed by atoms with Crippen LogP contribution in [-0.2, 0) is 10.5 Å². The topological polar surface area (TPSA) is 72.7 Å². The lowest BCUT2D eigenvalue weighted by Gasteiger charge is -2.17. The minimum absolute atomic E-state index is 0.00390. The second-order valence-corrected chi connectivity index (χ2v) is 10.9. The maximum Gasteiger partial charge on any atom is 0.230 e. The highest BCUT2D eigenvalue weighted by atomic mass is 32.2. The molecule has 1 atom stereocenters. The third-order valence-electron chi connectivity index (χ3n) is 5.03. The van der Waals surface area contributed by atoms with E-state index in [0.29, 0.717) is 22.6 Å². The molecule has 1 N–H and O–H groups in total. The van der Waals surface area contributed by atoms with E-state index in [0.717, 1.165) is 21.4 Å². The fourth-order valence-electron chi connectivity index (χ4n) is 2.96. The molecular formula is C23H25N5OS3. The van der Waals surface area contributed by atoms with Crippen LogP contribution in [0.25, 0.3) is 15.9 Å². The molecule has 2 aromatic heterocycles. The van der Waals surface area contributed by atoms with Gasteiger partial charge in [-0.2, -0.15) is 0 Å². The van der Waals surface area contributed by atoms with Crippen LogP contribution >= 0.6 is 34.9 Å². The molecule has 0 spiro atoms. The van der Waals surface area contributed by atoms with Crippen LogP contribution in [0.5, 0.6) is 0 Å². The van der Waals surface area contributed by atoms with Crippen molar-refractivity contribution in [2.45, 2.75) is 42.1 Å². The smallest absolute Gasteiger partial charge is 0.230 e. The second-order valence-electron chi connectivity index (χ2n) is 7.69. The zero-order valence-corrected chi connectivity index (χ0v) is 20.6. The minimum Gasteiger partial charge on any atom is -0.353 e. The average molecular weight is 484 g/mol. The lowest BCUT2D eigenvalue weighted by molar-refractivity contribution is -0.119. The first-order valence-corrected chi connectivity index (χ1v) is 13.2. The van der Waals surface area contributed by atoms with Crippen molar-refractivity contribution in [2.75, 3.05) is 5.75 Å². The maximum absolute atomic E-state index is 12.4. The van der Waals surface area contributed by atoms with Crippen LogP contribution in [0, 0.1) is 5.92 Å². The number of para-hydroxylation sites is 2. The highest BCUT2D eigenvalue weighted by molar-refractivity contribution is 8.00. The Labute approximate surface area is 200 Å². The van der Waals surface area contributed by atoms with E-state index in [1.807, 2.05) is 60.0 Å². The Morgan fingerprint density at radius 3 is 2.53 bits per heavy atom. The molecule has 0 saturated heterocycles. The van der Waals surface area contributed by atoms with Crippen molar-refractivity contribution in [3.05, 3.63) is 60.4 Å². The summed E-state index contributed by atoms with van der Waals surface area (Å²) >= 11 is 4.74. The number of hydrogen-bond acceptors (Lipinski definition) is 7. The largest absolute Gasteiger partial charge is 0.353 e. The highest BCUT2D eigenvalue weighted by Crippen LogP contribution is 2.32. The Balaban J connectivity index is 1.51. The Hall–Kier alpha value is -2.36. The summed E-state index contributed by atoms with van der Waals surface area (Å²) in [5, 5.41) is 12.6. The molecule has 6 nitrogen and oxygen atoms in total. The van der Waals surface area contributed by atoms with Gasteiger partial charge >= 0.3 is 0 Å². The molecule has 1 unspecified atom stereocenters. The highest BCUT2D eigenvalue weighted by Gasteiger charge is 2.18. The van der Waals surface area contributed by atoms with Crippen molar-refractivity contribution >= 4 is 51.0 Å². The van der Waals surface area contributed by atoms with Crippen LogP contribution in [-0.4, -0.2) is 37.5 Å². The number of nitrogens with one attached hydrogen (secondary N) is 1. The summed E-state index contributed by atoms with van der Waals surface area (Å²) < 4.78 is 4.21. The molecule has 1 amide bonds. The van der Waals surface area contributed by atoms with Crippen LogP contribution in [0.3, 0.4) is 0 Å². The minimum atomic E-state index is 0.00390. The zero-order valence-electron chi connectivity index (χ0n) is 18.2. The first-order chi connectivity index (χ1) is 15.5. The van der Waals surface area contributed by atoms with Gasteiger partial charge in [0, 0.05) is 11.7 Å². The van der Waals surface area contributed by atoms with Crippen molar-refractivity contribution < 1.29 is 4.79 Å². The van der Waals surface area contributed by atoms with Gasteiger partial charge in [0.05, 0.1) is 21.7 Å². The van der Waals surface area contributed by atoms with Gasteiger partial charge in [0.15, 0.2) is 9.50 Å².